The third kappa shape index (κ3) is 7.44. The molecule has 0 radical (unpaired) electrons. The SMILES string of the molecule is N#Cc1ccc(-c2cc(-n3c4ccccc4c4cc(-c5ccc(C(F)(F)F)cc5C(F)(F)F)ccc43)ncc2-n2c3ccccc3c3cc(-c4ccc(C(F)(F)F)cc4C(F)(F)F)ccc32)cc1. The first-order chi connectivity index (χ1) is 32.2. The molecule has 0 saturated heterocycles. The van der Waals surface area contributed by atoms with Crippen LogP contribution < -0.4 is 0 Å². The van der Waals surface area contributed by atoms with Gasteiger partial charge in [-0.3, -0.25) is 4.57 Å². The Morgan fingerprint density at radius 3 is 1.31 bits per heavy atom. The Morgan fingerprint density at radius 2 is 0.838 bits per heavy atom. The van der Waals surface area contributed by atoms with Crippen LogP contribution >= 0.6 is 0 Å². The van der Waals surface area contributed by atoms with Crippen molar-refractivity contribution < 1.29 is 52.7 Å². The van der Waals surface area contributed by atoms with Crippen LogP contribution in [0, 0.1) is 11.3 Å². The molecule has 0 saturated carbocycles. The number of fused-ring (bicyclic) bond motifs is 6. The van der Waals surface area contributed by atoms with Gasteiger partial charge in [0.05, 0.1) is 67.8 Å². The van der Waals surface area contributed by atoms with Crippen molar-refractivity contribution in [1.82, 2.24) is 14.1 Å². The summed E-state index contributed by atoms with van der Waals surface area (Å²) >= 11 is 0. The van der Waals surface area contributed by atoms with Crippen molar-refractivity contribution in [3.63, 3.8) is 0 Å². The number of rotatable bonds is 5. The highest BCUT2D eigenvalue weighted by molar-refractivity contribution is 6.12. The lowest BCUT2D eigenvalue weighted by Crippen LogP contribution is -2.12. The molecule has 3 aromatic heterocycles. The van der Waals surface area contributed by atoms with Gasteiger partial charge in [0.1, 0.15) is 5.82 Å². The fraction of sp³-hybridized carbons (Fsp3) is 0.0769. The summed E-state index contributed by atoms with van der Waals surface area (Å²) in [5, 5.41) is 11.8. The molecule has 0 amide bonds. The normalized spacial score (nSPS) is 12.7. The zero-order valence-electron chi connectivity index (χ0n) is 34.3. The van der Waals surface area contributed by atoms with Gasteiger partial charge in [0.15, 0.2) is 0 Å². The predicted octanol–water partition coefficient (Wildman–Crippen LogP) is 16.2. The first-order valence-electron chi connectivity index (χ1n) is 20.4. The van der Waals surface area contributed by atoms with Crippen LogP contribution in [0.2, 0.25) is 0 Å². The summed E-state index contributed by atoms with van der Waals surface area (Å²) in [7, 11) is 0. The number of aromatic nitrogens is 3. The Morgan fingerprint density at radius 1 is 0.397 bits per heavy atom. The van der Waals surface area contributed by atoms with Gasteiger partial charge in [0.25, 0.3) is 0 Å². The summed E-state index contributed by atoms with van der Waals surface area (Å²) in [5.74, 6) is 0.336. The van der Waals surface area contributed by atoms with Gasteiger partial charge in [-0.25, -0.2) is 4.98 Å². The monoisotopic (exact) mass is 934 g/mol. The summed E-state index contributed by atoms with van der Waals surface area (Å²) in [6.45, 7) is 0. The van der Waals surface area contributed by atoms with Gasteiger partial charge in [0, 0.05) is 27.1 Å². The Balaban J connectivity index is 1.18. The lowest BCUT2D eigenvalue weighted by atomic mass is 9.95. The van der Waals surface area contributed by atoms with E-state index in [9.17, 15) is 57.9 Å². The van der Waals surface area contributed by atoms with E-state index in [4.69, 9.17) is 4.98 Å². The van der Waals surface area contributed by atoms with Crippen molar-refractivity contribution in [2.24, 2.45) is 0 Å². The van der Waals surface area contributed by atoms with E-state index in [0.29, 0.717) is 83.9 Å². The maximum Gasteiger partial charge on any atom is 0.417 e. The zero-order valence-corrected chi connectivity index (χ0v) is 34.3. The van der Waals surface area contributed by atoms with E-state index >= 15 is 0 Å². The fourth-order valence-corrected chi connectivity index (χ4v) is 8.89. The van der Waals surface area contributed by atoms with Gasteiger partial charge >= 0.3 is 24.7 Å². The van der Waals surface area contributed by atoms with E-state index < -0.39 is 58.1 Å². The molecule has 4 nitrogen and oxygen atoms in total. The molecule has 68 heavy (non-hydrogen) atoms. The molecule has 0 aliphatic carbocycles. The lowest BCUT2D eigenvalue weighted by molar-refractivity contribution is -0.144. The first kappa shape index (κ1) is 43.8. The Hall–Kier alpha value is -8.06. The van der Waals surface area contributed by atoms with Gasteiger partial charge in [0.2, 0.25) is 0 Å². The molecule has 338 valence electrons. The lowest BCUT2D eigenvalue weighted by Gasteiger charge is -2.18. The molecule has 16 heteroatoms. The number of para-hydroxylation sites is 2. The molecule has 0 bridgehead atoms. The van der Waals surface area contributed by atoms with Crippen LogP contribution in [0.5, 0.6) is 0 Å². The molecule has 0 spiro atoms. The van der Waals surface area contributed by atoms with E-state index in [1.165, 1.54) is 24.3 Å². The molecule has 3 heterocycles. The summed E-state index contributed by atoms with van der Waals surface area (Å²) in [4.78, 5) is 4.92. The summed E-state index contributed by atoms with van der Waals surface area (Å²) < 4.78 is 171. The largest absolute Gasteiger partial charge is 0.417 e. The van der Waals surface area contributed by atoms with Gasteiger partial charge in [-0.1, -0.05) is 72.8 Å². The molecule has 0 fully saturated rings. The molecule has 0 atom stereocenters. The molecule has 0 unspecified atom stereocenters. The number of pyridine rings is 1. The number of hydrogen-bond donors (Lipinski definition) is 0. The van der Waals surface area contributed by atoms with Gasteiger partial charge in [-0.15, -0.1) is 0 Å². The highest BCUT2D eigenvalue weighted by Gasteiger charge is 2.40. The maximum atomic E-state index is 14.4. The van der Waals surface area contributed by atoms with E-state index in [1.54, 1.807) is 102 Å². The van der Waals surface area contributed by atoms with Gasteiger partial charge < -0.3 is 4.57 Å². The van der Waals surface area contributed by atoms with Crippen molar-refractivity contribution in [2.45, 2.75) is 24.7 Å². The molecular weight excluding hydrogens is 909 g/mol. The predicted molar refractivity (Wildman–Crippen MR) is 234 cm³/mol. The minimum atomic E-state index is -5.12. The smallest absolute Gasteiger partial charge is 0.307 e. The number of benzene rings is 7. The average molecular weight is 935 g/mol. The standard InChI is InChI=1S/C52H26F12N4/c53-49(54,55)32-15-17-34(41(23-32)51(59,60)61)30-13-19-45-39(21-30)36-5-1-3-7-43(36)67(45)47-27-66-48(25-38(47)29-11-9-28(26-65)10-12-29)68-44-8-4-2-6-37(44)40-22-31(14-20-46(40)68)35-18-16-33(50(56,57)58)24-42(35)52(62,63)64/h1-25,27H. The number of nitriles is 1. The van der Waals surface area contributed by atoms with E-state index in [0.717, 1.165) is 12.1 Å². The average Bonchev–Trinajstić information content (AvgIpc) is 3.82. The van der Waals surface area contributed by atoms with E-state index in [-0.39, 0.29) is 23.3 Å². The third-order valence-electron chi connectivity index (χ3n) is 11.9. The van der Waals surface area contributed by atoms with Crippen molar-refractivity contribution in [2.75, 3.05) is 0 Å². The van der Waals surface area contributed by atoms with Crippen molar-refractivity contribution >= 4 is 43.6 Å². The second-order valence-corrected chi connectivity index (χ2v) is 15.9. The van der Waals surface area contributed by atoms with Crippen LogP contribution in [0.3, 0.4) is 0 Å². The molecule has 0 N–H and O–H groups in total. The third-order valence-corrected chi connectivity index (χ3v) is 11.9. The van der Waals surface area contributed by atoms with Crippen molar-refractivity contribution in [3.8, 4) is 51.0 Å². The molecule has 10 aromatic rings. The van der Waals surface area contributed by atoms with E-state index in [1.807, 2.05) is 4.57 Å². The van der Waals surface area contributed by atoms with Crippen LogP contribution in [-0.4, -0.2) is 14.1 Å². The minimum absolute atomic E-state index is 0.0183. The Labute approximate surface area is 376 Å². The van der Waals surface area contributed by atoms with Crippen LogP contribution in [0.25, 0.3) is 88.5 Å². The highest BCUT2D eigenvalue weighted by atomic mass is 19.4. The summed E-state index contributed by atoms with van der Waals surface area (Å²) in [6, 6.07) is 36.5. The van der Waals surface area contributed by atoms with Crippen LogP contribution in [-0.2, 0) is 24.7 Å². The number of halogens is 12. The summed E-state index contributed by atoms with van der Waals surface area (Å²) in [5.41, 5.74) is -2.49. The van der Waals surface area contributed by atoms with Crippen LogP contribution in [0.15, 0.2) is 158 Å². The van der Waals surface area contributed by atoms with Crippen molar-refractivity contribution in [1.29, 1.82) is 5.26 Å². The van der Waals surface area contributed by atoms with Crippen LogP contribution in [0.1, 0.15) is 27.8 Å². The van der Waals surface area contributed by atoms with Gasteiger partial charge in [-0.2, -0.15) is 57.9 Å². The topological polar surface area (TPSA) is 46.5 Å². The number of hydrogen-bond acceptors (Lipinski definition) is 2. The Bertz CT molecular complexity index is 3700. The zero-order chi connectivity index (χ0) is 48.1. The second kappa shape index (κ2) is 15.5. The molecule has 0 aliphatic heterocycles. The van der Waals surface area contributed by atoms with Crippen LogP contribution in [0.4, 0.5) is 52.7 Å². The first-order valence-corrected chi connectivity index (χ1v) is 20.4. The second-order valence-electron chi connectivity index (χ2n) is 15.9. The molecule has 7 aromatic carbocycles. The molecule has 10 rings (SSSR count). The van der Waals surface area contributed by atoms with Gasteiger partial charge in [-0.05, 0) is 107 Å². The molecule has 0 aliphatic rings. The number of nitrogens with zero attached hydrogens (tertiary/aromatic N) is 4. The Kier molecular flexibility index (Phi) is 9.99. The summed E-state index contributed by atoms with van der Waals surface area (Å²) in [6.07, 6.45) is -18.7. The fourth-order valence-electron chi connectivity index (χ4n) is 8.89. The highest BCUT2D eigenvalue weighted by Crippen LogP contribution is 2.46. The quantitative estimate of drug-likeness (QED) is 0.161. The van der Waals surface area contributed by atoms with E-state index in [2.05, 4.69) is 6.07 Å². The maximum absolute atomic E-state index is 14.4. The van der Waals surface area contributed by atoms with Crippen molar-refractivity contribution in [3.05, 3.63) is 186 Å². The number of alkyl halides is 12. The minimum Gasteiger partial charge on any atom is -0.307 e. The molecular formula is C52H26F12N4.